The van der Waals surface area contributed by atoms with Crippen molar-refractivity contribution >= 4 is 23.1 Å². The molecule has 0 unspecified atom stereocenters. The van der Waals surface area contributed by atoms with Gasteiger partial charge < -0.3 is 10.6 Å². The van der Waals surface area contributed by atoms with E-state index in [9.17, 15) is 18.0 Å². The maximum atomic E-state index is 12.8. The zero-order valence-electron chi connectivity index (χ0n) is 15.7. The minimum Gasteiger partial charge on any atom is -0.376 e. The van der Waals surface area contributed by atoms with Gasteiger partial charge in [0, 0.05) is 36.8 Å². The number of carbonyl (C=O) groups is 1. The van der Waals surface area contributed by atoms with Gasteiger partial charge in [-0.2, -0.15) is 18.3 Å². The third-order valence-electron chi connectivity index (χ3n) is 4.39. The van der Waals surface area contributed by atoms with Gasteiger partial charge in [0.2, 0.25) is 5.91 Å². The van der Waals surface area contributed by atoms with Gasteiger partial charge in [-0.05, 0) is 12.1 Å². The number of hydrogen-bond acceptors (Lipinski definition) is 5. The van der Waals surface area contributed by atoms with Crippen molar-refractivity contribution in [2.45, 2.75) is 6.18 Å². The average molecular weight is 415 g/mol. The maximum absolute atomic E-state index is 12.8. The van der Waals surface area contributed by atoms with Gasteiger partial charge in [-0.15, -0.1) is 0 Å². The number of carbonyl (C=O) groups excluding carboxylic acids is 1. The highest BCUT2D eigenvalue weighted by Gasteiger charge is 2.35. The third-order valence-corrected chi connectivity index (χ3v) is 4.39. The van der Waals surface area contributed by atoms with E-state index in [1.165, 1.54) is 7.05 Å². The van der Waals surface area contributed by atoms with Crippen LogP contribution in [-0.4, -0.2) is 36.6 Å². The summed E-state index contributed by atoms with van der Waals surface area (Å²) in [7, 11) is 1.17. The van der Waals surface area contributed by atoms with Gasteiger partial charge in [0.1, 0.15) is 5.69 Å². The van der Waals surface area contributed by atoms with Crippen LogP contribution in [0.15, 0.2) is 55.1 Å². The average Bonchev–Trinajstić information content (AvgIpc) is 3.30. The fraction of sp³-hybridized carbons (Fsp3) is 0.158. The Hall–Kier alpha value is -3.89. The van der Waals surface area contributed by atoms with Crippen molar-refractivity contribution in [2.24, 2.45) is 7.05 Å². The predicted octanol–water partition coefficient (Wildman–Crippen LogP) is 3.20. The maximum Gasteiger partial charge on any atom is 0.433 e. The second-order valence-corrected chi connectivity index (χ2v) is 6.46. The summed E-state index contributed by atoms with van der Waals surface area (Å²) in [6, 6.07) is 8.13. The molecule has 0 aliphatic heterocycles. The number of nitrogens with one attached hydrogen (secondary N) is 2. The van der Waals surface area contributed by atoms with Crippen molar-refractivity contribution in [3.8, 4) is 11.3 Å². The van der Waals surface area contributed by atoms with E-state index in [0.717, 1.165) is 23.0 Å². The van der Waals surface area contributed by atoms with Crippen LogP contribution in [0.4, 0.5) is 24.7 Å². The van der Waals surface area contributed by atoms with Crippen LogP contribution in [0, 0.1) is 0 Å². The van der Waals surface area contributed by atoms with Gasteiger partial charge in [-0.25, -0.2) is 4.98 Å². The van der Waals surface area contributed by atoms with E-state index in [4.69, 9.17) is 0 Å². The Morgan fingerprint density at radius 2 is 1.93 bits per heavy atom. The molecule has 11 heteroatoms. The number of imidazole rings is 1. The highest BCUT2D eigenvalue weighted by molar-refractivity contribution is 5.93. The first kappa shape index (κ1) is 19.4. The predicted molar refractivity (Wildman–Crippen MR) is 104 cm³/mol. The number of anilines is 2. The molecule has 0 atom stereocenters. The SMILES string of the molecule is Cn1nc(NC(=O)CNc2ccc(-c3cnc4cnccn34)cc2)cc1C(F)(F)F. The highest BCUT2D eigenvalue weighted by Crippen LogP contribution is 2.30. The number of fused-ring (bicyclic) bond motifs is 1. The molecule has 2 N–H and O–H groups in total. The van der Waals surface area contributed by atoms with Gasteiger partial charge in [-0.3, -0.25) is 18.9 Å². The lowest BCUT2D eigenvalue weighted by atomic mass is 10.1. The highest BCUT2D eigenvalue weighted by atomic mass is 19.4. The number of halogens is 3. The summed E-state index contributed by atoms with van der Waals surface area (Å²) in [5, 5.41) is 8.93. The van der Waals surface area contributed by atoms with E-state index in [0.29, 0.717) is 10.4 Å². The quantitative estimate of drug-likeness (QED) is 0.523. The zero-order chi connectivity index (χ0) is 21.3. The first-order valence-corrected chi connectivity index (χ1v) is 8.84. The first-order chi connectivity index (χ1) is 14.3. The van der Waals surface area contributed by atoms with Crippen LogP contribution < -0.4 is 10.6 Å². The molecular formula is C19H16F3N7O. The number of rotatable bonds is 5. The molecule has 0 aliphatic carbocycles. The normalized spacial score (nSPS) is 11.6. The monoisotopic (exact) mass is 415 g/mol. The lowest BCUT2D eigenvalue weighted by molar-refractivity contribution is -0.143. The van der Waals surface area contributed by atoms with Crippen molar-refractivity contribution in [3.05, 3.63) is 60.8 Å². The molecule has 0 saturated heterocycles. The summed E-state index contributed by atoms with van der Waals surface area (Å²) < 4.78 is 41.0. The molecular weight excluding hydrogens is 399 g/mol. The molecule has 8 nitrogen and oxygen atoms in total. The number of amides is 1. The Bertz CT molecular complexity index is 1200. The van der Waals surface area contributed by atoms with E-state index in [-0.39, 0.29) is 12.4 Å². The number of alkyl halides is 3. The van der Waals surface area contributed by atoms with Crippen LogP contribution in [0.1, 0.15) is 5.69 Å². The molecule has 0 bridgehead atoms. The molecule has 0 spiro atoms. The van der Waals surface area contributed by atoms with Crippen LogP contribution in [0.5, 0.6) is 0 Å². The molecule has 0 fully saturated rings. The lowest BCUT2D eigenvalue weighted by Gasteiger charge is -2.07. The first-order valence-electron chi connectivity index (χ1n) is 8.84. The summed E-state index contributed by atoms with van der Waals surface area (Å²) in [6.07, 6.45) is 2.36. The van der Waals surface area contributed by atoms with Crippen LogP contribution in [-0.2, 0) is 18.0 Å². The van der Waals surface area contributed by atoms with Crippen LogP contribution in [0.25, 0.3) is 16.9 Å². The van der Waals surface area contributed by atoms with Crippen LogP contribution >= 0.6 is 0 Å². The van der Waals surface area contributed by atoms with E-state index >= 15 is 0 Å². The van der Waals surface area contributed by atoms with Gasteiger partial charge in [0.15, 0.2) is 11.5 Å². The summed E-state index contributed by atoms with van der Waals surface area (Å²) in [5.41, 5.74) is 2.30. The number of aryl methyl sites for hydroxylation is 1. The number of aromatic nitrogens is 5. The Kier molecular flexibility index (Phi) is 4.86. The Labute approximate surface area is 168 Å². The van der Waals surface area contributed by atoms with Crippen LogP contribution in [0.2, 0.25) is 0 Å². The fourth-order valence-corrected chi connectivity index (χ4v) is 2.98. The second-order valence-electron chi connectivity index (χ2n) is 6.46. The van der Waals surface area contributed by atoms with Gasteiger partial charge >= 0.3 is 6.18 Å². The summed E-state index contributed by atoms with van der Waals surface area (Å²) in [6.45, 7) is -0.126. The van der Waals surface area contributed by atoms with Crippen molar-refractivity contribution in [1.82, 2.24) is 24.1 Å². The Morgan fingerprint density at radius 3 is 2.63 bits per heavy atom. The molecule has 0 aliphatic rings. The molecule has 30 heavy (non-hydrogen) atoms. The van der Waals surface area contributed by atoms with Crippen molar-refractivity contribution < 1.29 is 18.0 Å². The second kappa shape index (κ2) is 7.50. The van der Waals surface area contributed by atoms with Crippen molar-refractivity contribution in [3.63, 3.8) is 0 Å². The molecule has 3 heterocycles. The lowest BCUT2D eigenvalue weighted by Crippen LogP contribution is -2.22. The molecule has 1 amide bonds. The standard InChI is InChI=1S/C19H16F3N7O/c1-28-15(19(20,21)22)8-16(27-28)26-18(30)11-24-13-4-2-12(3-5-13)14-9-25-17-10-23-6-7-29(14)17/h2-10,24H,11H2,1H3,(H,26,27,30). The summed E-state index contributed by atoms with van der Waals surface area (Å²) in [4.78, 5) is 20.4. The molecule has 3 aromatic heterocycles. The molecule has 1 aromatic carbocycles. The van der Waals surface area contributed by atoms with Gasteiger partial charge in [-0.1, -0.05) is 12.1 Å². The Morgan fingerprint density at radius 1 is 1.17 bits per heavy atom. The zero-order valence-corrected chi connectivity index (χ0v) is 15.7. The van der Waals surface area contributed by atoms with E-state index in [1.54, 1.807) is 30.7 Å². The molecule has 4 aromatic rings. The molecule has 4 rings (SSSR count). The van der Waals surface area contributed by atoms with Gasteiger partial charge in [0.05, 0.1) is 24.6 Å². The number of nitrogens with zero attached hydrogens (tertiary/aromatic N) is 5. The smallest absolute Gasteiger partial charge is 0.376 e. The molecule has 0 saturated carbocycles. The summed E-state index contributed by atoms with van der Waals surface area (Å²) >= 11 is 0. The number of hydrogen-bond donors (Lipinski definition) is 2. The molecule has 0 radical (unpaired) electrons. The van der Waals surface area contributed by atoms with E-state index < -0.39 is 17.8 Å². The van der Waals surface area contributed by atoms with Crippen molar-refractivity contribution in [2.75, 3.05) is 17.2 Å². The minimum atomic E-state index is -4.54. The molecule has 154 valence electrons. The third kappa shape index (κ3) is 3.95. The fourth-order valence-electron chi connectivity index (χ4n) is 2.98. The largest absolute Gasteiger partial charge is 0.433 e. The topological polar surface area (TPSA) is 89.1 Å². The van der Waals surface area contributed by atoms with E-state index in [2.05, 4.69) is 25.7 Å². The van der Waals surface area contributed by atoms with Crippen LogP contribution in [0.3, 0.4) is 0 Å². The number of benzene rings is 1. The van der Waals surface area contributed by atoms with Gasteiger partial charge in [0.25, 0.3) is 0 Å². The Balaban J connectivity index is 1.38. The van der Waals surface area contributed by atoms with E-state index in [1.807, 2.05) is 22.7 Å². The van der Waals surface area contributed by atoms with Crippen molar-refractivity contribution in [1.29, 1.82) is 0 Å². The minimum absolute atomic E-state index is 0.126. The summed E-state index contributed by atoms with van der Waals surface area (Å²) in [5.74, 6) is -0.672.